The molecule has 2 saturated heterocycles. The number of aromatic nitrogens is 3. The van der Waals surface area contributed by atoms with Crippen LogP contribution < -0.4 is 20.4 Å². The van der Waals surface area contributed by atoms with Crippen molar-refractivity contribution in [2.24, 2.45) is 0 Å². The number of H-pyrrole nitrogens is 1. The van der Waals surface area contributed by atoms with Gasteiger partial charge in [0.15, 0.2) is 11.6 Å². The molecule has 0 radical (unpaired) electrons. The molecule has 0 unspecified atom stereocenters. The lowest BCUT2D eigenvalue weighted by atomic mass is 10.2. The number of rotatable bonds is 7. The molecule has 17 heteroatoms. The lowest BCUT2D eigenvalue weighted by Crippen LogP contribution is -2.41. The number of hydrogen-bond acceptors (Lipinski definition) is 8. The van der Waals surface area contributed by atoms with Gasteiger partial charge in [-0.1, -0.05) is 0 Å². The van der Waals surface area contributed by atoms with Crippen LogP contribution in [0.5, 0.6) is 0 Å². The third-order valence-corrected chi connectivity index (χ3v) is 5.50. The molecule has 0 spiro atoms. The first-order valence-electron chi connectivity index (χ1n) is 11.0. The third kappa shape index (κ3) is 6.16. The summed E-state index contributed by atoms with van der Waals surface area (Å²) in [5, 5.41) is 15.4. The zero-order valence-corrected chi connectivity index (χ0v) is 19.1. The van der Waals surface area contributed by atoms with E-state index in [2.05, 4.69) is 20.7 Å². The molecule has 2 aromatic rings. The van der Waals surface area contributed by atoms with Gasteiger partial charge in [0, 0.05) is 25.2 Å². The first-order valence-corrected chi connectivity index (χ1v) is 11.0. The first-order chi connectivity index (χ1) is 17.7. The second kappa shape index (κ2) is 11.3. The minimum Gasteiger partial charge on any atom is -0.442 e. The molecular weight excluding hydrogens is 508 g/mol. The van der Waals surface area contributed by atoms with Crippen molar-refractivity contribution in [2.45, 2.75) is 19.1 Å². The van der Waals surface area contributed by atoms with E-state index in [1.165, 1.54) is 11.1 Å². The Bertz CT molecular complexity index is 1110. The monoisotopic (exact) mass is 530 g/mol. The SMILES string of the molecule is O=C(NC[C@H]1CN(c2cc(F)c(N3CCON(C(=O)NCc4cn[nH]n4)CC3)c(F)c2)C(=O)O1)C(F)F. The summed E-state index contributed by atoms with van der Waals surface area (Å²) in [5.74, 6) is -3.47. The van der Waals surface area contributed by atoms with E-state index in [1.807, 2.05) is 5.32 Å². The van der Waals surface area contributed by atoms with Gasteiger partial charge in [-0.2, -0.15) is 24.2 Å². The largest absolute Gasteiger partial charge is 0.442 e. The summed E-state index contributed by atoms with van der Waals surface area (Å²) in [5.41, 5.74) is -0.0166. The fraction of sp³-hybridized carbons (Fsp3) is 0.450. The molecule has 37 heavy (non-hydrogen) atoms. The normalized spacial score (nSPS) is 18.1. The van der Waals surface area contributed by atoms with Crippen molar-refractivity contribution in [1.82, 2.24) is 31.1 Å². The number of amides is 4. The fourth-order valence-electron chi connectivity index (χ4n) is 3.74. The number of halogens is 4. The van der Waals surface area contributed by atoms with Crippen molar-refractivity contribution in [3.8, 4) is 0 Å². The first kappa shape index (κ1) is 25.9. The van der Waals surface area contributed by atoms with Gasteiger partial charge >= 0.3 is 18.5 Å². The van der Waals surface area contributed by atoms with Crippen molar-refractivity contribution < 1.29 is 41.5 Å². The number of urea groups is 1. The van der Waals surface area contributed by atoms with Gasteiger partial charge in [0.05, 0.1) is 44.7 Å². The Hall–Kier alpha value is -4.15. The molecule has 0 saturated carbocycles. The minimum absolute atomic E-state index is 0.00422. The molecule has 13 nitrogen and oxygen atoms in total. The Morgan fingerprint density at radius 1 is 1.16 bits per heavy atom. The summed E-state index contributed by atoms with van der Waals surface area (Å²) in [6.07, 6.45) is -3.72. The van der Waals surface area contributed by atoms with Crippen molar-refractivity contribution in [1.29, 1.82) is 0 Å². The quantitative estimate of drug-likeness (QED) is 0.445. The van der Waals surface area contributed by atoms with E-state index in [4.69, 9.17) is 9.57 Å². The Morgan fingerprint density at radius 2 is 1.92 bits per heavy atom. The number of hydroxylamine groups is 2. The maximum atomic E-state index is 15.0. The van der Waals surface area contributed by atoms with Gasteiger partial charge in [-0.05, 0) is 0 Å². The number of hydrogen-bond donors (Lipinski definition) is 3. The van der Waals surface area contributed by atoms with Gasteiger partial charge < -0.3 is 20.3 Å². The van der Waals surface area contributed by atoms with Crippen LogP contribution in [0.1, 0.15) is 5.69 Å². The topological polar surface area (TPSA) is 145 Å². The van der Waals surface area contributed by atoms with Gasteiger partial charge in [0.1, 0.15) is 17.5 Å². The molecule has 1 aromatic carbocycles. The number of anilines is 2. The summed E-state index contributed by atoms with van der Waals surface area (Å²) in [6, 6.07) is 1.31. The van der Waals surface area contributed by atoms with Crippen molar-refractivity contribution in [3.63, 3.8) is 0 Å². The van der Waals surface area contributed by atoms with Crippen LogP contribution in [0.25, 0.3) is 0 Å². The number of benzene rings is 1. The van der Waals surface area contributed by atoms with Gasteiger partial charge in [-0.15, -0.1) is 0 Å². The number of nitrogens with zero attached hydrogens (tertiary/aromatic N) is 5. The van der Waals surface area contributed by atoms with Gasteiger partial charge in [-0.3, -0.25) is 14.5 Å². The van der Waals surface area contributed by atoms with E-state index < -0.39 is 42.2 Å². The Balaban J connectivity index is 1.37. The Kier molecular flexibility index (Phi) is 7.90. The maximum absolute atomic E-state index is 15.0. The summed E-state index contributed by atoms with van der Waals surface area (Å²) in [7, 11) is 0. The molecule has 2 aliphatic rings. The second-order valence-corrected chi connectivity index (χ2v) is 7.96. The highest BCUT2D eigenvalue weighted by molar-refractivity contribution is 5.90. The molecule has 2 aliphatic heterocycles. The van der Waals surface area contributed by atoms with Gasteiger partial charge in [0.2, 0.25) is 0 Å². The zero-order valence-electron chi connectivity index (χ0n) is 19.1. The highest BCUT2D eigenvalue weighted by atomic mass is 19.3. The lowest BCUT2D eigenvalue weighted by molar-refractivity contribution is -0.132. The van der Waals surface area contributed by atoms with Crippen LogP contribution in [0.3, 0.4) is 0 Å². The van der Waals surface area contributed by atoms with Crippen LogP contribution in [0, 0.1) is 11.6 Å². The fourth-order valence-corrected chi connectivity index (χ4v) is 3.74. The van der Waals surface area contributed by atoms with Crippen molar-refractivity contribution >= 4 is 29.4 Å². The number of ether oxygens (including phenoxy) is 1. The number of carbonyl (C=O) groups is 3. The van der Waals surface area contributed by atoms with Crippen molar-refractivity contribution in [3.05, 3.63) is 35.7 Å². The molecule has 2 fully saturated rings. The molecule has 4 amide bonds. The Morgan fingerprint density at radius 3 is 2.59 bits per heavy atom. The molecule has 200 valence electrons. The average molecular weight is 530 g/mol. The lowest BCUT2D eigenvalue weighted by Gasteiger charge is -2.24. The summed E-state index contributed by atoms with van der Waals surface area (Å²) in [6.45, 7) is -0.429. The summed E-state index contributed by atoms with van der Waals surface area (Å²) >= 11 is 0. The van der Waals surface area contributed by atoms with E-state index in [-0.39, 0.29) is 57.3 Å². The molecule has 0 aliphatic carbocycles. The molecule has 4 rings (SSSR count). The molecule has 1 aromatic heterocycles. The van der Waals surface area contributed by atoms with E-state index in [9.17, 15) is 23.2 Å². The highest BCUT2D eigenvalue weighted by Gasteiger charge is 2.34. The van der Waals surface area contributed by atoms with E-state index in [0.29, 0.717) is 5.69 Å². The molecule has 3 N–H and O–H groups in total. The van der Waals surface area contributed by atoms with Crippen molar-refractivity contribution in [2.75, 3.05) is 49.1 Å². The van der Waals surface area contributed by atoms with Crippen LogP contribution in [0.4, 0.5) is 38.5 Å². The van der Waals surface area contributed by atoms with Crippen LogP contribution in [-0.2, 0) is 20.9 Å². The number of aromatic amines is 1. The minimum atomic E-state index is -3.23. The van der Waals surface area contributed by atoms with Gasteiger partial charge in [0.25, 0.3) is 5.91 Å². The number of nitrogens with one attached hydrogen (secondary N) is 3. The molecule has 0 bridgehead atoms. The smallest absolute Gasteiger partial charge is 0.414 e. The molecule has 3 heterocycles. The highest BCUT2D eigenvalue weighted by Crippen LogP contribution is 2.31. The third-order valence-electron chi connectivity index (χ3n) is 5.50. The summed E-state index contributed by atoms with van der Waals surface area (Å²) in [4.78, 5) is 43.2. The van der Waals surface area contributed by atoms with Crippen LogP contribution in [0.2, 0.25) is 0 Å². The number of carbonyl (C=O) groups excluding carboxylic acids is 3. The molecule has 1 atom stereocenters. The second-order valence-electron chi connectivity index (χ2n) is 7.96. The van der Waals surface area contributed by atoms with E-state index in [1.54, 1.807) is 0 Å². The maximum Gasteiger partial charge on any atom is 0.414 e. The predicted octanol–water partition coefficient (Wildman–Crippen LogP) is 0.753. The molecular formula is C20H22F4N8O5. The van der Waals surface area contributed by atoms with Gasteiger partial charge in [-0.25, -0.2) is 23.4 Å². The standard InChI is InChI=1S/C20H22F4N8O5/c21-14-5-12(31-10-13(37-20(31)35)9-25-18(33)17(23)24)6-15(22)16(14)30-1-2-32(36-4-3-30)19(34)26-7-11-8-27-29-28-11/h5-6,8,13,17H,1-4,7,9-10H2,(H,25,33)(H,26,34)(H,27,28,29)/t13-/m0/s1. The Labute approximate surface area is 206 Å². The zero-order chi connectivity index (χ0) is 26.5. The summed E-state index contributed by atoms with van der Waals surface area (Å²) < 4.78 is 59.7. The van der Waals surface area contributed by atoms with E-state index >= 15 is 8.78 Å². The average Bonchev–Trinajstić information content (AvgIpc) is 3.44. The van der Waals surface area contributed by atoms with Crippen LogP contribution in [0.15, 0.2) is 18.3 Å². The van der Waals surface area contributed by atoms with Crippen LogP contribution in [-0.4, -0.2) is 90.4 Å². The van der Waals surface area contributed by atoms with E-state index in [0.717, 1.165) is 22.1 Å². The van der Waals surface area contributed by atoms with Crippen LogP contribution >= 0.6 is 0 Å². The predicted molar refractivity (Wildman–Crippen MR) is 116 cm³/mol. The number of cyclic esters (lactones) is 1. The number of alkyl halides is 2.